The smallest absolute Gasteiger partial charge is 0.170 e. The summed E-state index contributed by atoms with van der Waals surface area (Å²) in [5, 5.41) is 0. The number of ether oxygens (including phenoxy) is 1. The molecule has 0 aliphatic rings. The van der Waals surface area contributed by atoms with Crippen LogP contribution in [0.2, 0.25) is 0 Å². The van der Waals surface area contributed by atoms with Crippen LogP contribution in [0.15, 0.2) is 24.4 Å². The zero-order chi connectivity index (χ0) is 15.6. The van der Waals surface area contributed by atoms with Crippen molar-refractivity contribution in [2.45, 2.75) is 27.2 Å². The third kappa shape index (κ3) is 3.05. The number of pyridine rings is 1. The molecule has 1 aromatic carbocycles. The number of anilines is 1. The van der Waals surface area contributed by atoms with Gasteiger partial charge in [-0.05, 0) is 32.9 Å². The van der Waals surface area contributed by atoms with Gasteiger partial charge >= 0.3 is 0 Å². The Morgan fingerprint density at radius 2 is 2.00 bits per heavy atom. The maximum atomic E-state index is 12.5. The van der Waals surface area contributed by atoms with Gasteiger partial charge in [0.05, 0.1) is 19.2 Å². The Bertz CT molecular complexity index is 693. The number of methoxy groups -OCH3 is 1. The van der Waals surface area contributed by atoms with Crippen molar-refractivity contribution in [2.75, 3.05) is 12.8 Å². The molecule has 0 spiro atoms. The first-order valence-electron chi connectivity index (χ1n) is 6.82. The number of hydrogen-bond donors (Lipinski definition) is 1. The van der Waals surface area contributed by atoms with E-state index >= 15 is 0 Å². The number of nitrogen functional groups attached to an aromatic ring is 1. The molecule has 0 saturated carbocycles. The maximum Gasteiger partial charge on any atom is 0.170 e. The zero-order valence-electron chi connectivity index (χ0n) is 12.9. The Labute approximate surface area is 125 Å². The first-order chi connectivity index (χ1) is 9.93. The van der Waals surface area contributed by atoms with E-state index < -0.39 is 0 Å². The quantitative estimate of drug-likeness (QED) is 0.692. The number of benzene rings is 1. The number of ketones is 1. The topological polar surface area (TPSA) is 65.2 Å². The number of carbonyl (C=O) groups excluding carboxylic acids is 1. The number of nitrogens with two attached hydrogens (primary N) is 1. The number of rotatable bonds is 4. The summed E-state index contributed by atoms with van der Waals surface area (Å²) in [6.07, 6.45) is 1.95. The molecule has 0 amide bonds. The average molecular weight is 284 g/mol. The van der Waals surface area contributed by atoms with Gasteiger partial charge in [-0.3, -0.25) is 9.78 Å². The molecular formula is C17H20N2O2. The van der Waals surface area contributed by atoms with Crippen molar-refractivity contribution in [3.63, 3.8) is 0 Å². The van der Waals surface area contributed by atoms with E-state index in [1.54, 1.807) is 19.4 Å². The van der Waals surface area contributed by atoms with Gasteiger partial charge in [-0.15, -0.1) is 0 Å². The van der Waals surface area contributed by atoms with Gasteiger partial charge in [0.2, 0.25) is 0 Å². The molecule has 0 unspecified atom stereocenters. The molecule has 2 aromatic rings. The van der Waals surface area contributed by atoms with Crippen LogP contribution in [0, 0.1) is 20.8 Å². The highest BCUT2D eigenvalue weighted by molar-refractivity contribution is 6.02. The van der Waals surface area contributed by atoms with Gasteiger partial charge in [-0.25, -0.2) is 0 Å². The van der Waals surface area contributed by atoms with E-state index in [0.717, 1.165) is 28.1 Å². The van der Waals surface area contributed by atoms with E-state index in [1.807, 2.05) is 32.9 Å². The minimum absolute atomic E-state index is 0.0299. The number of aromatic nitrogens is 1. The Hall–Kier alpha value is -2.36. The minimum atomic E-state index is -0.0299. The molecule has 4 nitrogen and oxygen atoms in total. The van der Waals surface area contributed by atoms with Crippen LogP contribution in [-0.2, 0) is 6.42 Å². The summed E-state index contributed by atoms with van der Waals surface area (Å²) in [6.45, 7) is 5.79. The Balaban J connectivity index is 2.34. The fraction of sp³-hybridized carbons (Fsp3) is 0.294. The van der Waals surface area contributed by atoms with Gasteiger partial charge < -0.3 is 10.5 Å². The second-order valence-corrected chi connectivity index (χ2v) is 5.24. The summed E-state index contributed by atoms with van der Waals surface area (Å²) in [5.41, 5.74) is 10.5. The molecule has 110 valence electrons. The van der Waals surface area contributed by atoms with Crippen molar-refractivity contribution in [2.24, 2.45) is 0 Å². The standard InChI is InChI=1S/C17H20N2O2/c1-10-5-6-14(18)13(7-10)16(20)8-15-12(3)17(21-4)11(2)9-19-15/h5-7,9H,8,18H2,1-4H3. The fourth-order valence-corrected chi connectivity index (χ4v) is 2.41. The highest BCUT2D eigenvalue weighted by Gasteiger charge is 2.16. The molecule has 0 radical (unpaired) electrons. The lowest BCUT2D eigenvalue weighted by Gasteiger charge is -2.12. The summed E-state index contributed by atoms with van der Waals surface area (Å²) in [7, 11) is 1.62. The van der Waals surface area contributed by atoms with Crippen molar-refractivity contribution in [3.05, 3.63) is 52.3 Å². The first-order valence-corrected chi connectivity index (χ1v) is 6.82. The third-order valence-corrected chi connectivity index (χ3v) is 3.59. The Morgan fingerprint density at radius 3 is 2.67 bits per heavy atom. The molecule has 0 bridgehead atoms. The number of nitrogens with zero attached hydrogens (tertiary/aromatic N) is 1. The Kier molecular flexibility index (Phi) is 4.26. The lowest BCUT2D eigenvalue weighted by atomic mass is 10.00. The van der Waals surface area contributed by atoms with Crippen molar-refractivity contribution in [3.8, 4) is 5.75 Å². The SMILES string of the molecule is COc1c(C)cnc(CC(=O)c2cc(C)ccc2N)c1C. The van der Waals surface area contributed by atoms with Crippen LogP contribution in [0.1, 0.15) is 32.7 Å². The first kappa shape index (κ1) is 15.0. The molecule has 0 saturated heterocycles. The maximum absolute atomic E-state index is 12.5. The summed E-state index contributed by atoms with van der Waals surface area (Å²) in [6, 6.07) is 5.47. The second kappa shape index (κ2) is 5.95. The minimum Gasteiger partial charge on any atom is -0.496 e. The fourth-order valence-electron chi connectivity index (χ4n) is 2.41. The molecule has 2 N–H and O–H groups in total. The predicted octanol–water partition coefficient (Wildman–Crippen LogP) is 3.02. The van der Waals surface area contributed by atoms with Crippen LogP contribution in [0.25, 0.3) is 0 Å². The number of Topliss-reactive ketones (excluding diaryl/α,β-unsaturated/α-hetero) is 1. The molecule has 4 heteroatoms. The van der Waals surface area contributed by atoms with Crippen LogP contribution < -0.4 is 10.5 Å². The van der Waals surface area contributed by atoms with Gasteiger partial charge in [-0.1, -0.05) is 11.6 Å². The summed E-state index contributed by atoms with van der Waals surface area (Å²) in [4.78, 5) is 16.8. The lowest BCUT2D eigenvalue weighted by molar-refractivity contribution is 0.0992. The predicted molar refractivity (Wildman–Crippen MR) is 83.9 cm³/mol. The van der Waals surface area contributed by atoms with Crippen molar-refractivity contribution < 1.29 is 9.53 Å². The molecule has 0 fully saturated rings. The van der Waals surface area contributed by atoms with E-state index in [4.69, 9.17) is 10.5 Å². The highest BCUT2D eigenvalue weighted by Crippen LogP contribution is 2.25. The molecular weight excluding hydrogens is 264 g/mol. The lowest BCUT2D eigenvalue weighted by Crippen LogP contribution is -2.10. The van der Waals surface area contributed by atoms with Crippen LogP contribution in [-0.4, -0.2) is 17.9 Å². The molecule has 1 aromatic heterocycles. The van der Waals surface area contributed by atoms with Crippen LogP contribution >= 0.6 is 0 Å². The molecule has 1 heterocycles. The average Bonchev–Trinajstić information content (AvgIpc) is 2.45. The second-order valence-electron chi connectivity index (χ2n) is 5.24. The normalized spacial score (nSPS) is 10.5. The van der Waals surface area contributed by atoms with Gasteiger partial charge in [0.15, 0.2) is 5.78 Å². The molecule has 2 rings (SSSR count). The van der Waals surface area contributed by atoms with Crippen LogP contribution in [0.5, 0.6) is 5.75 Å². The monoisotopic (exact) mass is 284 g/mol. The van der Waals surface area contributed by atoms with Crippen molar-refractivity contribution in [1.29, 1.82) is 0 Å². The molecule has 21 heavy (non-hydrogen) atoms. The molecule has 0 atom stereocenters. The third-order valence-electron chi connectivity index (χ3n) is 3.59. The summed E-state index contributed by atoms with van der Waals surface area (Å²) in [5.74, 6) is 0.753. The van der Waals surface area contributed by atoms with E-state index in [-0.39, 0.29) is 12.2 Å². The summed E-state index contributed by atoms with van der Waals surface area (Å²) >= 11 is 0. The van der Waals surface area contributed by atoms with Gasteiger partial charge in [0, 0.05) is 28.6 Å². The van der Waals surface area contributed by atoms with E-state index in [9.17, 15) is 4.79 Å². The van der Waals surface area contributed by atoms with Gasteiger partial charge in [0.1, 0.15) is 5.75 Å². The molecule has 0 aliphatic heterocycles. The van der Waals surface area contributed by atoms with E-state index in [1.165, 1.54) is 0 Å². The number of carbonyl (C=O) groups is 1. The van der Waals surface area contributed by atoms with Gasteiger partial charge in [0.25, 0.3) is 0 Å². The highest BCUT2D eigenvalue weighted by atomic mass is 16.5. The van der Waals surface area contributed by atoms with Crippen molar-refractivity contribution in [1.82, 2.24) is 4.98 Å². The number of hydrogen-bond acceptors (Lipinski definition) is 4. The molecule has 0 aliphatic carbocycles. The van der Waals surface area contributed by atoms with E-state index in [2.05, 4.69) is 4.98 Å². The van der Waals surface area contributed by atoms with Crippen molar-refractivity contribution >= 4 is 11.5 Å². The largest absolute Gasteiger partial charge is 0.496 e. The van der Waals surface area contributed by atoms with E-state index in [0.29, 0.717) is 11.3 Å². The van der Waals surface area contributed by atoms with Gasteiger partial charge in [-0.2, -0.15) is 0 Å². The van der Waals surface area contributed by atoms with Crippen LogP contribution in [0.3, 0.4) is 0 Å². The zero-order valence-corrected chi connectivity index (χ0v) is 12.9. The van der Waals surface area contributed by atoms with Crippen LogP contribution in [0.4, 0.5) is 5.69 Å². The number of aryl methyl sites for hydroxylation is 2. The Morgan fingerprint density at radius 1 is 1.29 bits per heavy atom. The summed E-state index contributed by atoms with van der Waals surface area (Å²) < 4.78 is 5.37.